The zero-order valence-electron chi connectivity index (χ0n) is 10.7. The van der Waals surface area contributed by atoms with Gasteiger partial charge in [-0.1, -0.05) is 6.92 Å². The molecule has 0 bridgehead atoms. The van der Waals surface area contributed by atoms with Gasteiger partial charge in [-0.25, -0.2) is 4.98 Å². The summed E-state index contributed by atoms with van der Waals surface area (Å²) in [5, 5.41) is 2.89. The van der Waals surface area contributed by atoms with Gasteiger partial charge in [0.05, 0.1) is 18.4 Å². The monoisotopic (exact) mass is 248 g/mol. The van der Waals surface area contributed by atoms with Crippen LogP contribution in [0.15, 0.2) is 18.3 Å². The van der Waals surface area contributed by atoms with Crippen molar-refractivity contribution in [3.63, 3.8) is 0 Å². The maximum absolute atomic E-state index is 11.8. The minimum Gasteiger partial charge on any atom is -0.397 e. The van der Waals surface area contributed by atoms with Crippen molar-refractivity contribution in [3.05, 3.63) is 18.3 Å². The van der Waals surface area contributed by atoms with E-state index in [1.165, 1.54) is 0 Å². The molecule has 0 saturated heterocycles. The molecule has 0 atom stereocenters. The first kappa shape index (κ1) is 12.7. The molecule has 0 aliphatic heterocycles. The molecule has 18 heavy (non-hydrogen) atoms. The normalized spacial score (nSPS) is 14.3. The van der Waals surface area contributed by atoms with Gasteiger partial charge in [0.15, 0.2) is 0 Å². The van der Waals surface area contributed by atoms with Crippen molar-refractivity contribution >= 4 is 17.4 Å². The van der Waals surface area contributed by atoms with Crippen LogP contribution in [-0.2, 0) is 4.79 Å². The number of nitrogens with one attached hydrogen (secondary N) is 1. The van der Waals surface area contributed by atoms with Crippen LogP contribution in [0.25, 0.3) is 0 Å². The topological polar surface area (TPSA) is 71.2 Å². The number of hydrogen-bond acceptors (Lipinski definition) is 4. The molecule has 98 valence electrons. The lowest BCUT2D eigenvalue weighted by molar-refractivity contribution is -0.119. The SMILES string of the molecule is CCCNC(=O)CN(c1ccc(N)cn1)C1CC1. The molecule has 0 spiro atoms. The van der Waals surface area contributed by atoms with Gasteiger partial charge in [0.25, 0.3) is 0 Å². The van der Waals surface area contributed by atoms with Crippen LogP contribution in [-0.4, -0.2) is 30.0 Å². The van der Waals surface area contributed by atoms with Gasteiger partial charge in [-0.3, -0.25) is 4.79 Å². The average Bonchev–Trinajstić information content (AvgIpc) is 3.19. The minimum atomic E-state index is 0.0578. The van der Waals surface area contributed by atoms with Gasteiger partial charge in [-0.05, 0) is 31.4 Å². The van der Waals surface area contributed by atoms with Crippen LogP contribution >= 0.6 is 0 Å². The summed E-state index contributed by atoms with van der Waals surface area (Å²) in [7, 11) is 0. The molecule has 5 nitrogen and oxygen atoms in total. The second-order valence-corrected chi connectivity index (χ2v) is 4.66. The van der Waals surface area contributed by atoms with E-state index in [2.05, 4.69) is 15.2 Å². The molecule has 1 fully saturated rings. The van der Waals surface area contributed by atoms with Crippen molar-refractivity contribution in [3.8, 4) is 0 Å². The third kappa shape index (κ3) is 3.35. The van der Waals surface area contributed by atoms with Crippen molar-refractivity contribution in [2.45, 2.75) is 32.2 Å². The fraction of sp³-hybridized carbons (Fsp3) is 0.538. The van der Waals surface area contributed by atoms with E-state index in [-0.39, 0.29) is 5.91 Å². The fourth-order valence-electron chi connectivity index (χ4n) is 1.83. The first-order valence-corrected chi connectivity index (χ1v) is 6.45. The average molecular weight is 248 g/mol. The molecular formula is C13H20N4O. The summed E-state index contributed by atoms with van der Waals surface area (Å²) in [5.41, 5.74) is 6.27. The van der Waals surface area contributed by atoms with E-state index in [0.717, 1.165) is 31.6 Å². The largest absolute Gasteiger partial charge is 0.397 e. The molecule has 1 aliphatic carbocycles. The lowest BCUT2D eigenvalue weighted by Gasteiger charge is -2.22. The van der Waals surface area contributed by atoms with Gasteiger partial charge in [0, 0.05) is 12.6 Å². The highest BCUT2D eigenvalue weighted by atomic mass is 16.2. The summed E-state index contributed by atoms with van der Waals surface area (Å²) in [6, 6.07) is 4.15. The quantitative estimate of drug-likeness (QED) is 0.792. The molecule has 1 aliphatic rings. The number of nitrogen functional groups attached to an aromatic ring is 1. The summed E-state index contributed by atoms with van der Waals surface area (Å²) < 4.78 is 0. The van der Waals surface area contributed by atoms with E-state index in [0.29, 0.717) is 18.3 Å². The van der Waals surface area contributed by atoms with Crippen molar-refractivity contribution in [2.75, 3.05) is 23.7 Å². The van der Waals surface area contributed by atoms with Crippen LogP contribution in [0.1, 0.15) is 26.2 Å². The van der Waals surface area contributed by atoms with Crippen molar-refractivity contribution in [2.24, 2.45) is 0 Å². The third-order valence-corrected chi connectivity index (χ3v) is 2.94. The third-order valence-electron chi connectivity index (χ3n) is 2.94. The maximum atomic E-state index is 11.8. The predicted molar refractivity (Wildman–Crippen MR) is 72.3 cm³/mol. The van der Waals surface area contributed by atoms with Gasteiger partial charge in [0.2, 0.25) is 5.91 Å². The van der Waals surface area contributed by atoms with Crippen LogP contribution < -0.4 is 16.0 Å². The number of rotatable bonds is 6. The zero-order chi connectivity index (χ0) is 13.0. The van der Waals surface area contributed by atoms with E-state index in [1.54, 1.807) is 6.20 Å². The van der Waals surface area contributed by atoms with Crippen LogP contribution in [0.2, 0.25) is 0 Å². The first-order valence-electron chi connectivity index (χ1n) is 6.45. The maximum Gasteiger partial charge on any atom is 0.239 e. The lowest BCUT2D eigenvalue weighted by atomic mass is 10.3. The fourth-order valence-corrected chi connectivity index (χ4v) is 1.83. The Kier molecular flexibility index (Phi) is 4.02. The second-order valence-electron chi connectivity index (χ2n) is 4.66. The number of aromatic nitrogens is 1. The number of amides is 1. The Bertz CT molecular complexity index is 400. The highest BCUT2D eigenvalue weighted by Crippen LogP contribution is 2.30. The molecule has 0 unspecified atom stereocenters. The summed E-state index contributed by atoms with van der Waals surface area (Å²) >= 11 is 0. The Labute approximate surface area is 107 Å². The number of carbonyl (C=O) groups excluding carboxylic acids is 1. The highest BCUT2D eigenvalue weighted by molar-refractivity contribution is 5.81. The number of carbonyl (C=O) groups is 1. The Morgan fingerprint density at radius 2 is 2.33 bits per heavy atom. The van der Waals surface area contributed by atoms with Gasteiger partial charge in [-0.2, -0.15) is 0 Å². The zero-order valence-corrected chi connectivity index (χ0v) is 10.7. The number of hydrogen-bond donors (Lipinski definition) is 2. The molecule has 1 amide bonds. The van der Waals surface area contributed by atoms with Gasteiger partial charge in [0.1, 0.15) is 5.82 Å². The number of pyridine rings is 1. The molecule has 1 heterocycles. The Hall–Kier alpha value is -1.78. The lowest BCUT2D eigenvalue weighted by Crippen LogP contribution is -2.39. The molecule has 0 radical (unpaired) electrons. The standard InChI is InChI=1S/C13H20N4O/c1-2-7-15-13(18)9-17(11-4-5-11)12-6-3-10(14)8-16-12/h3,6,8,11H,2,4-5,7,9,14H2,1H3,(H,15,18). The van der Waals surface area contributed by atoms with Crippen LogP contribution in [0.3, 0.4) is 0 Å². The summed E-state index contributed by atoms with van der Waals surface area (Å²) in [5.74, 6) is 0.890. The summed E-state index contributed by atoms with van der Waals surface area (Å²) in [4.78, 5) is 18.1. The van der Waals surface area contributed by atoms with Crippen molar-refractivity contribution in [1.29, 1.82) is 0 Å². The molecule has 3 N–H and O–H groups in total. The van der Waals surface area contributed by atoms with Gasteiger partial charge in [-0.15, -0.1) is 0 Å². The molecule has 1 aromatic rings. The van der Waals surface area contributed by atoms with E-state index in [9.17, 15) is 4.79 Å². The number of anilines is 2. The Morgan fingerprint density at radius 1 is 1.56 bits per heavy atom. The van der Waals surface area contributed by atoms with Crippen molar-refractivity contribution < 1.29 is 4.79 Å². The molecule has 2 rings (SSSR count). The van der Waals surface area contributed by atoms with E-state index in [1.807, 2.05) is 19.1 Å². The number of nitrogens with zero attached hydrogens (tertiary/aromatic N) is 2. The molecule has 0 aromatic carbocycles. The van der Waals surface area contributed by atoms with Gasteiger partial charge >= 0.3 is 0 Å². The van der Waals surface area contributed by atoms with Crippen LogP contribution in [0.4, 0.5) is 11.5 Å². The van der Waals surface area contributed by atoms with Crippen LogP contribution in [0, 0.1) is 0 Å². The minimum absolute atomic E-state index is 0.0578. The van der Waals surface area contributed by atoms with E-state index in [4.69, 9.17) is 5.73 Å². The number of nitrogens with two attached hydrogens (primary N) is 1. The Morgan fingerprint density at radius 3 is 2.89 bits per heavy atom. The molecule has 5 heteroatoms. The Balaban J connectivity index is 2.00. The predicted octanol–water partition coefficient (Wildman–Crippen LogP) is 1.16. The summed E-state index contributed by atoms with van der Waals surface area (Å²) in [6.45, 7) is 3.15. The smallest absolute Gasteiger partial charge is 0.239 e. The highest BCUT2D eigenvalue weighted by Gasteiger charge is 2.31. The molecular weight excluding hydrogens is 228 g/mol. The second kappa shape index (κ2) is 5.71. The van der Waals surface area contributed by atoms with E-state index >= 15 is 0 Å². The van der Waals surface area contributed by atoms with E-state index < -0.39 is 0 Å². The molecule has 1 aromatic heterocycles. The van der Waals surface area contributed by atoms with Crippen LogP contribution in [0.5, 0.6) is 0 Å². The summed E-state index contributed by atoms with van der Waals surface area (Å²) in [6.07, 6.45) is 4.85. The molecule has 1 saturated carbocycles. The first-order chi connectivity index (χ1) is 8.70. The van der Waals surface area contributed by atoms with Crippen molar-refractivity contribution in [1.82, 2.24) is 10.3 Å². The van der Waals surface area contributed by atoms with Gasteiger partial charge < -0.3 is 16.0 Å².